The molecular formula is C11H15F2NO. The Morgan fingerprint density at radius 3 is 2.00 bits per heavy atom. The van der Waals surface area contributed by atoms with Gasteiger partial charge in [-0.1, -0.05) is 0 Å². The molecule has 0 aliphatic carbocycles. The molecule has 15 heavy (non-hydrogen) atoms. The lowest BCUT2D eigenvalue weighted by Gasteiger charge is -2.18. The van der Waals surface area contributed by atoms with Gasteiger partial charge in [-0.2, -0.15) is 0 Å². The molecule has 1 atom stereocenters. The third-order valence-electron chi connectivity index (χ3n) is 1.92. The molecule has 1 aliphatic heterocycles. The lowest BCUT2D eigenvalue weighted by Crippen LogP contribution is -2.36. The second-order valence-corrected chi connectivity index (χ2v) is 3.32. The quantitative estimate of drug-likeness (QED) is 0.714. The fourth-order valence-electron chi connectivity index (χ4n) is 1.13. The number of nitrogens with one attached hydrogen (secondary N) is 1. The van der Waals surface area contributed by atoms with Crippen LogP contribution >= 0.6 is 0 Å². The van der Waals surface area contributed by atoms with E-state index in [1.54, 1.807) is 0 Å². The second-order valence-electron chi connectivity index (χ2n) is 3.32. The number of hydrogen-bond donors (Lipinski definition) is 1. The van der Waals surface area contributed by atoms with E-state index in [4.69, 9.17) is 4.74 Å². The number of morpholine rings is 1. The minimum absolute atomic E-state index is 0.411. The summed E-state index contributed by atoms with van der Waals surface area (Å²) in [6.07, 6.45) is 0.425. The molecule has 0 aromatic heterocycles. The van der Waals surface area contributed by atoms with Gasteiger partial charge in [0.25, 0.3) is 0 Å². The first kappa shape index (κ1) is 12.1. The average molecular weight is 215 g/mol. The molecule has 1 aromatic rings. The van der Waals surface area contributed by atoms with E-state index >= 15 is 0 Å². The van der Waals surface area contributed by atoms with Crippen molar-refractivity contribution in [1.29, 1.82) is 0 Å². The monoisotopic (exact) mass is 215 g/mol. The molecule has 0 saturated carbocycles. The molecule has 1 fully saturated rings. The van der Waals surface area contributed by atoms with Crippen molar-refractivity contribution in [2.24, 2.45) is 0 Å². The summed E-state index contributed by atoms with van der Waals surface area (Å²) in [6, 6.07) is 4.31. The molecule has 2 rings (SSSR count). The van der Waals surface area contributed by atoms with Gasteiger partial charge in [-0.25, -0.2) is 8.78 Å². The fraction of sp³-hybridized carbons (Fsp3) is 0.455. The Bertz CT molecular complexity index is 249. The molecule has 0 spiro atoms. The maximum atomic E-state index is 11.9. The molecule has 1 heterocycles. The van der Waals surface area contributed by atoms with E-state index in [0.717, 1.165) is 44.0 Å². The van der Waals surface area contributed by atoms with Gasteiger partial charge in [0.15, 0.2) is 0 Å². The Hall–Kier alpha value is -1.00. The van der Waals surface area contributed by atoms with Gasteiger partial charge in [0.2, 0.25) is 0 Å². The van der Waals surface area contributed by atoms with Gasteiger partial charge < -0.3 is 10.1 Å². The second kappa shape index (κ2) is 6.48. The van der Waals surface area contributed by atoms with Crippen LogP contribution in [0.3, 0.4) is 0 Å². The van der Waals surface area contributed by atoms with E-state index in [-0.39, 0.29) is 0 Å². The lowest BCUT2D eigenvalue weighted by molar-refractivity contribution is 0.0410. The predicted molar refractivity (Wildman–Crippen MR) is 54.6 cm³/mol. The molecule has 84 valence electrons. The summed E-state index contributed by atoms with van der Waals surface area (Å²) in [4.78, 5) is 0. The van der Waals surface area contributed by atoms with Crippen LogP contribution in [0.25, 0.3) is 0 Å². The first-order chi connectivity index (χ1) is 7.18. The van der Waals surface area contributed by atoms with Crippen LogP contribution in [-0.2, 0) is 4.74 Å². The van der Waals surface area contributed by atoms with E-state index in [9.17, 15) is 8.78 Å². The predicted octanol–water partition coefficient (Wildman–Crippen LogP) is 1.96. The van der Waals surface area contributed by atoms with Crippen molar-refractivity contribution in [3.05, 3.63) is 35.9 Å². The minimum Gasteiger partial charge on any atom is -0.376 e. The zero-order chi connectivity index (χ0) is 11.1. The van der Waals surface area contributed by atoms with E-state index in [2.05, 4.69) is 12.2 Å². The summed E-state index contributed by atoms with van der Waals surface area (Å²) < 4.78 is 29.1. The van der Waals surface area contributed by atoms with Gasteiger partial charge in [0.05, 0.1) is 12.7 Å². The van der Waals surface area contributed by atoms with Crippen molar-refractivity contribution in [3.8, 4) is 0 Å². The Kier molecular flexibility index (Phi) is 5.21. The number of benzene rings is 1. The van der Waals surface area contributed by atoms with E-state index < -0.39 is 11.6 Å². The van der Waals surface area contributed by atoms with Crippen molar-refractivity contribution in [1.82, 2.24) is 5.32 Å². The summed E-state index contributed by atoms with van der Waals surface area (Å²) in [7, 11) is 0. The van der Waals surface area contributed by atoms with Crippen LogP contribution in [0.5, 0.6) is 0 Å². The standard InChI is InChI=1S/C6H4F2.C5H11NO/c7-5-1-2-6(8)4-3-5;1-5-4-6-2-3-7-5/h1-4H;5-6H,2-4H2,1H3. The topological polar surface area (TPSA) is 21.3 Å². The average Bonchev–Trinajstić information content (AvgIpc) is 2.25. The lowest BCUT2D eigenvalue weighted by atomic mass is 10.3. The van der Waals surface area contributed by atoms with E-state index in [1.165, 1.54) is 0 Å². The van der Waals surface area contributed by atoms with Crippen LogP contribution in [0.4, 0.5) is 8.78 Å². The van der Waals surface area contributed by atoms with Crippen molar-refractivity contribution >= 4 is 0 Å². The van der Waals surface area contributed by atoms with Gasteiger partial charge >= 0.3 is 0 Å². The molecule has 1 N–H and O–H groups in total. The molecule has 1 aromatic carbocycles. The molecular weight excluding hydrogens is 200 g/mol. The van der Waals surface area contributed by atoms with Gasteiger partial charge in [-0.05, 0) is 31.2 Å². The number of hydrogen-bond acceptors (Lipinski definition) is 2. The van der Waals surface area contributed by atoms with Crippen LogP contribution in [0, 0.1) is 11.6 Å². The van der Waals surface area contributed by atoms with Crippen LogP contribution in [-0.4, -0.2) is 25.8 Å². The summed E-state index contributed by atoms with van der Waals surface area (Å²) in [6.45, 7) is 4.98. The summed E-state index contributed by atoms with van der Waals surface area (Å²) >= 11 is 0. The third kappa shape index (κ3) is 5.44. The van der Waals surface area contributed by atoms with Crippen LogP contribution < -0.4 is 5.32 Å². The Morgan fingerprint density at radius 1 is 1.20 bits per heavy atom. The van der Waals surface area contributed by atoms with Crippen molar-refractivity contribution in [2.45, 2.75) is 13.0 Å². The molecule has 2 nitrogen and oxygen atoms in total. The first-order valence-electron chi connectivity index (χ1n) is 4.92. The highest BCUT2D eigenvalue weighted by molar-refractivity contribution is 5.04. The molecule has 4 heteroatoms. The van der Waals surface area contributed by atoms with Gasteiger partial charge in [0.1, 0.15) is 11.6 Å². The highest BCUT2D eigenvalue weighted by atomic mass is 19.1. The van der Waals surface area contributed by atoms with Crippen molar-refractivity contribution < 1.29 is 13.5 Å². The normalized spacial score (nSPS) is 20.3. The molecule has 1 saturated heterocycles. The maximum absolute atomic E-state index is 11.9. The van der Waals surface area contributed by atoms with E-state index in [0.29, 0.717) is 6.10 Å². The fourth-order valence-corrected chi connectivity index (χ4v) is 1.13. The highest BCUT2D eigenvalue weighted by Gasteiger charge is 2.04. The van der Waals surface area contributed by atoms with Crippen molar-refractivity contribution in [3.63, 3.8) is 0 Å². The molecule has 0 radical (unpaired) electrons. The van der Waals surface area contributed by atoms with Gasteiger partial charge in [-0.3, -0.25) is 0 Å². The Balaban J connectivity index is 0.000000151. The molecule has 1 aliphatic rings. The smallest absolute Gasteiger partial charge is 0.123 e. The zero-order valence-electron chi connectivity index (χ0n) is 8.67. The number of rotatable bonds is 0. The number of ether oxygens (including phenoxy) is 1. The first-order valence-corrected chi connectivity index (χ1v) is 4.92. The molecule has 0 amide bonds. The van der Waals surface area contributed by atoms with Crippen molar-refractivity contribution in [2.75, 3.05) is 19.7 Å². The molecule has 1 unspecified atom stereocenters. The summed E-state index contributed by atoms with van der Waals surface area (Å²) in [5.41, 5.74) is 0. The third-order valence-corrected chi connectivity index (χ3v) is 1.92. The van der Waals surface area contributed by atoms with Crippen LogP contribution in [0.15, 0.2) is 24.3 Å². The number of halogens is 2. The minimum atomic E-state index is -0.411. The summed E-state index contributed by atoms with van der Waals surface area (Å²) in [5, 5.41) is 3.21. The van der Waals surface area contributed by atoms with Crippen LogP contribution in [0.2, 0.25) is 0 Å². The highest BCUT2D eigenvalue weighted by Crippen LogP contribution is 1.98. The van der Waals surface area contributed by atoms with Crippen LogP contribution in [0.1, 0.15) is 6.92 Å². The zero-order valence-corrected chi connectivity index (χ0v) is 8.67. The van der Waals surface area contributed by atoms with Gasteiger partial charge in [-0.15, -0.1) is 0 Å². The summed E-state index contributed by atoms with van der Waals surface area (Å²) in [5.74, 6) is -0.821. The largest absolute Gasteiger partial charge is 0.376 e. The van der Waals surface area contributed by atoms with E-state index in [1.807, 2.05) is 0 Å². The Morgan fingerprint density at radius 2 is 1.73 bits per heavy atom. The molecule has 0 bridgehead atoms. The SMILES string of the molecule is CC1CNCCO1.Fc1ccc(F)cc1. The Labute approximate surface area is 88.3 Å². The maximum Gasteiger partial charge on any atom is 0.123 e. The van der Waals surface area contributed by atoms with Gasteiger partial charge in [0, 0.05) is 13.1 Å².